The molecule has 1 unspecified atom stereocenters. The first-order chi connectivity index (χ1) is 12.6. The number of carbonyl (C=O) groups excluding carboxylic acids is 2. The summed E-state index contributed by atoms with van der Waals surface area (Å²) in [7, 11) is 4.59. The minimum Gasteiger partial charge on any atom is -0.497 e. The van der Waals surface area contributed by atoms with Crippen molar-refractivity contribution in [2.45, 2.75) is 12.5 Å². The van der Waals surface area contributed by atoms with Crippen LogP contribution < -0.4 is 24.4 Å². The molecule has 2 aromatic carbocycles. The van der Waals surface area contributed by atoms with E-state index in [1.54, 1.807) is 49.6 Å². The van der Waals surface area contributed by atoms with E-state index in [1.807, 2.05) is 0 Å². The molecule has 0 radical (unpaired) electrons. The Labute approximate surface area is 151 Å². The van der Waals surface area contributed by atoms with Gasteiger partial charge in [-0.1, -0.05) is 12.1 Å². The molecule has 0 bridgehead atoms. The van der Waals surface area contributed by atoms with Crippen LogP contribution in [0.15, 0.2) is 42.5 Å². The van der Waals surface area contributed by atoms with E-state index >= 15 is 0 Å². The quantitative estimate of drug-likeness (QED) is 0.801. The molecule has 1 heterocycles. The van der Waals surface area contributed by atoms with E-state index in [-0.39, 0.29) is 18.2 Å². The monoisotopic (exact) mass is 356 g/mol. The van der Waals surface area contributed by atoms with Crippen LogP contribution in [-0.2, 0) is 9.59 Å². The number of benzene rings is 2. The molecule has 1 aliphatic rings. The Morgan fingerprint density at radius 3 is 2.38 bits per heavy atom. The van der Waals surface area contributed by atoms with E-state index in [9.17, 15) is 9.59 Å². The Bertz CT molecular complexity index is 836. The van der Waals surface area contributed by atoms with E-state index in [2.05, 4.69) is 5.32 Å². The van der Waals surface area contributed by atoms with Crippen LogP contribution in [0.2, 0.25) is 0 Å². The first-order valence-corrected chi connectivity index (χ1v) is 8.07. The number of amides is 2. The van der Waals surface area contributed by atoms with Crippen molar-refractivity contribution in [3.63, 3.8) is 0 Å². The van der Waals surface area contributed by atoms with Crippen LogP contribution in [0.5, 0.6) is 17.2 Å². The van der Waals surface area contributed by atoms with Crippen molar-refractivity contribution in [2.75, 3.05) is 31.5 Å². The lowest BCUT2D eigenvalue weighted by Gasteiger charge is -2.19. The fraction of sp³-hybridized carbons (Fsp3) is 0.263. The topological polar surface area (TPSA) is 77.1 Å². The van der Waals surface area contributed by atoms with Crippen molar-refractivity contribution in [1.29, 1.82) is 0 Å². The standard InChI is InChI=1S/C19H20N2O5/c1-24-12-8-9-13(17(10-12)26-3)20-14-11-18(22)21(19(14)23)15-6-4-5-7-16(15)25-2/h4-10,14,20H,11H2,1-3H3. The number of imide groups is 1. The van der Waals surface area contributed by atoms with Gasteiger partial charge < -0.3 is 19.5 Å². The van der Waals surface area contributed by atoms with Gasteiger partial charge >= 0.3 is 0 Å². The third kappa shape index (κ3) is 3.15. The maximum Gasteiger partial charge on any atom is 0.256 e. The van der Waals surface area contributed by atoms with Gasteiger partial charge in [-0.05, 0) is 24.3 Å². The number of methoxy groups -OCH3 is 3. The summed E-state index contributed by atoms with van der Waals surface area (Å²) < 4.78 is 15.8. The minimum absolute atomic E-state index is 0.0477. The van der Waals surface area contributed by atoms with E-state index in [0.717, 1.165) is 4.90 Å². The van der Waals surface area contributed by atoms with Crippen molar-refractivity contribution in [3.8, 4) is 17.2 Å². The number of para-hydroxylation sites is 2. The molecule has 0 spiro atoms. The van der Waals surface area contributed by atoms with Crippen LogP contribution >= 0.6 is 0 Å². The van der Waals surface area contributed by atoms with Gasteiger partial charge in [0, 0.05) is 6.07 Å². The van der Waals surface area contributed by atoms with Crippen molar-refractivity contribution < 1.29 is 23.8 Å². The number of ether oxygens (including phenoxy) is 3. The molecule has 1 aliphatic heterocycles. The van der Waals surface area contributed by atoms with Gasteiger partial charge in [0.2, 0.25) is 5.91 Å². The fourth-order valence-electron chi connectivity index (χ4n) is 2.92. The number of rotatable bonds is 6. The molecular formula is C19H20N2O5. The second-order valence-electron chi connectivity index (χ2n) is 5.71. The molecule has 0 aromatic heterocycles. The summed E-state index contributed by atoms with van der Waals surface area (Å²) in [6.07, 6.45) is 0.0477. The van der Waals surface area contributed by atoms with Gasteiger partial charge in [0.15, 0.2) is 0 Å². The largest absolute Gasteiger partial charge is 0.497 e. The molecule has 3 rings (SSSR count). The summed E-state index contributed by atoms with van der Waals surface area (Å²) in [5.41, 5.74) is 1.05. The number of nitrogens with one attached hydrogen (secondary N) is 1. The molecule has 1 atom stereocenters. The Kier molecular flexibility index (Phi) is 4.97. The van der Waals surface area contributed by atoms with Gasteiger partial charge in [-0.3, -0.25) is 9.59 Å². The molecule has 1 N–H and O–H groups in total. The normalized spacial score (nSPS) is 16.6. The van der Waals surface area contributed by atoms with Gasteiger partial charge in [-0.25, -0.2) is 4.90 Å². The fourth-order valence-corrected chi connectivity index (χ4v) is 2.92. The molecule has 1 saturated heterocycles. The Morgan fingerprint density at radius 2 is 1.69 bits per heavy atom. The number of anilines is 2. The third-order valence-corrected chi connectivity index (χ3v) is 4.21. The maximum absolute atomic E-state index is 12.8. The van der Waals surface area contributed by atoms with Gasteiger partial charge in [0.1, 0.15) is 23.3 Å². The first kappa shape index (κ1) is 17.6. The molecule has 7 nitrogen and oxygen atoms in total. The molecule has 2 amide bonds. The highest BCUT2D eigenvalue weighted by Gasteiger charge is 2.41. The van der Waals surface area contributed by atoms with Crippen molar-refractivity contribution in [1.82, 2.24) is 0 Å². The number of hydrogen-bond donors (Lipinski definition) is 1. The lowest BCUT2D eigenvalue weighted by atomic mass is 10.2. The van der Waals surface area contributed by atoms with E-state index in [4.69, 9.17) is 14.2 Å². The van der Waals surface area contributed by atoms with Crippen molar-refractivity contribution in [2.24, 2.45) is 0 Å². The Morgan fingerprint density at radius 1 is 0.962 bits per heavy atom. The van der Waals surface area contributed by atoms with Gasteiger partial charge in [-0.15, -0.1) is 0 Å². The average Bonchev–Trinajstić information content (AvgIpc) is 2.95. The Hall–Kier alpha value is -3.22. The van der Waals surface area contributed by atoms with Crippen LogP contribution in [0.3, 0.4) is 0 Å². The van der Waals surface area contributed by atoms with Gasteiger partial charge in [-0.2, -0.15) is 0 Å². The molecule has 2 aromatic rings. The molecule has 0 aliphatic carbocycles. The number of carbonyl (C=O) groups is 2. The highest BCUT2D eigenvalue weighted by Crippen LogP contribution is 2.34. The molecule has 26 heavy (non-hydrogen) atoms. The zero-order chi connectivity index (χ0) is 18.7. The zero-order valence-corrected chi connectivity index (χ0v) is 14.8. The van der Waals surface area contributed by atoms with Gasteiger partial charge in [0.25, 0.3) is 5.91 Å². The zero-order valence-electron chi connectivity index (χ0n) is 14.8. The summed E-state index contributed by atoms with van der Waals surface area (Å²) in [6, 6.07) is 11.5. The summed E-state index contributed by atoms with van der Waals surface area (Å²) in [4.78, 5) is 26.5. The number of hydrogen-bond acceptors (Lipinski definition) is 6. The summed E-state index contributed by atoms with van der Waals surface area (Å²) in [6.45, 7) is 0. The van der Waals surface area contributed by atoms with Crippen LogP contribution in [0.25, 0.3) is 0 Å². The molecular weight excluding hydrogens is 336 g/mol. The molecule has 1 fully saturated rings. The summed E-state index contributed by atoms with van der Waals surface area (Å²) >= 11 is 0. The van der Waals surface area contributed by atoms with Crippen LogP contribution in [-0.4, -0.2) is 39.2 Å². The molecule has 136 valence electrons. The second-order valence-corrected chi connectivity index (χ2v) is 5.71. The van der Waals surface area contributed by atoms with Crippen molar-refractivity contribution >= 4 is 23.2 Å². The SMILES string of the molecule is COc1ccc(NC2CC(=O)N(c3ccccc3OC)C2=O)c(OC)c1. The predicted octanol–water partition coefficient (Wildman–Crippen LogP) is 2.46. The first-order valence-electron chi connectivity index (χ1n) is 8.07. The Balaban J connectivity index is 1.86. The maximum atomic E-state index is 12.8. The lowest BCUT2D eigenvalue weighted by molar-refractivity contribution is -0.121. The molecule has 0 saturated carbocycles. The van der Waals surface area contributed by atoms with E-state index in [0.29, 0.717) is 28.6 Å². The van der Waals surface area contributed by atoms with Crippen LogP contribution in [0.4, 0.5) is 11.4 Å². The summed E-state index contributed by atoms with van der Waals surface area (Å²) in [5, 5.41) is 3.10. The third-order valence-electron chi connectivity index (χ3n) is 4.21. The smallest absolute Gasteiger partial charge is 0.256 e. The van der Waals surface area contributed by atoms with Crippen LogP contribution in [0, 0.1) is 0 Å². The van der Waals surface area contributed by atoms with Gasteiger partial charge in [0.05, 0.1) is 39.1 Å². The second kappa shape index (κ2) is 7.35. The average molecular weight is 356 g/mol. The predicted molar refractivity (Wildman–Crippen MR) is 97.1 cm³/mol. The molecule has 7 heteroatoms. The van der Waals surface area contributed by atoms with Crippen LogP contribution in [0.1, 0.15) is 6.42 Å². The van der Waals surface area contributed by atoms with Crippen molar-refractivity contribution in [3.05, 3.63) is 42.5 Å². The van der Waals surface area contributed by atoms with E-state index in [1.165, 1.54) is 14.2 Å². The lowest BCUT2D eigenvalue weighted by Crippen LogP contribution is -2.35. The number of nitrogens with zero attached hydrogens (tertiary/aromatic N) is 1. The summed E-state index contributed by atoms with van der Waals surface area (Å²) in [5.74, 6) is 1.01. The van der Waals surface area contributed by atoms with E-state index < -0.39 is 6.04 Å². The minimum atomic E-state index is -0.685. The highest BCUT2D eigenvalue weighted by atomic mass is 16.5. The highest BCUT2D eigenvalue weighted by molar-refractivity contribution is 6.23.